The number of hydrogen-bond donors (Lipinski definition) is 2. The summed E-state index contributed by atoms with van der Waals surface area (Å²) < 4.78 is 2.03. The van der Waals surface area contributed by atoms with E-state index >= 15 is 0 Å². The topological polar surface area (TPSA) is 102 Å². The summed E-state index contributed by atoms with van der Waals surface area (Å²) in [5.74, 6) is 0.588. The van der Waals surface area contributed by atoms with Gasteiger partial charge in [0.25, 0.3) is 0 Å². The Morgan fingerprint density at radius 2 is 1.88 bits per heavy atom. The summed E-state index contributed by atoms with van der Waals surface area (Å²) >= 11 is 0. The largest absolute Gasteiger partial charge is 0.383 e. The van der Waals surface area contributed by atoms with Gasteiger partial charge in [0.15, 0.2) is 5.65 Å². The number of nitrogens with two attached hydrogens (primary N) is 1. The van der Waals surface area contributed by atoms with Crippen molar-refractivity contribution in [3.05, 3.63) is 36.2 Å². The molecule has 0 saturated heterocycles. The van der Waals surface area contributed by atoms with Gasteiger partial charge in [0.2, 0.25) is 5.91 Å². The van der Waals surface area contributed by atoms with Crippen LogP contribution in [0.4, 0.5) is 5.82 Å². The number of carbonyl (C=O) groups is 1. The van der Waals surface area contributed by atoms with Crippen molar-refractivity contribution in [3.63, 3.8) is 0 Å². The van der Waals surface area contributed by atoms with Gasteiger partial charge in [-0.15, -0.1) is 0 Å². The number of nitrogens with one attached hydrogen (secondary N) is 1. The molecule has 1 amide bonds. The van der Waals surface area contributed by atoms with Crippen molar-refractivity contribution in [1.29, 1.82) is 0 Å². The van der Waals surface area contributed by atoms with Crippen LogP contribution in [-0.4, -0.2) is 56.7 Å². The normalized spacial score (nSPS) is 19.7. The van der Waals surface area contributed by atoms with Crippen LogP contribution in [0.1, 0.15) is 57.1 Å². The number of nitrogens with zero attached hydrogens (tertiary/aromatic N) is 5. The van der Waals surface area contributed by atoms with Crippen molar-refractivity contribution < 1.29 is 4.79 Å². The van der Waals surface area contributed by atoms with E-state index in [1.165, 1.54) is 11.9 Å². The lowest BCUT2D eigenvalue weighted by atomic mass is 9.91. The summed E-state index contributed by atoms with van der Waals surface area (Å²) in [6.45, 7) is 4.18. The average molecular weight is 450 g/mol. The Morgan fingerprint density at radius 1 is 1.18 bits per heavy atom. The standard InChI is InChI=1S/C25H35N7O/c1-5-6-20(31(3)4)25(33)29-18-11-13-19(14-12-18)32-24-21(23(26)27-15-28-24)22(30-32)17-9-7-16(2)8-10-17/h7-10,15,18-20H,5-6,11-14H2,1-4H3,(H,29,33)(H2,26,27,28)/t18?,19?,20-/m0/s1. The molecule has 0 spiro atoms. The molecule has 1 aliphatic carbocycles. The van der Waals surface area contributed by atoms with E-state index < -0.39 is 0 Å². The zero-order chi connectivity index (χ0) is 23.5. The van der Waals surface area contributed by atoms with Gasteiger partial charge >= 0.3 is 0 Å². The second-order valence-corrected chi connectivity index (χ2v) is 9.40. The highest BCUT2D eigenvalue weighted by Gasteiger charge is 2.29. The number of aryl methyl sites for hydroxylation is 1. The highest BCUT2D eigenvalue weighted by atomic mass is 16.2. The van der Waals surface area contributed by atoms with Gasteiger partial charge < -0.3 is 11.1 Å². The average Bonchev–Trinajstić information content (AvgIpc) is 3.19. The smallest absolute Gasteiger partial charge is 0.237 e. The lowest BCUT2D eigenvalue weighted by Crippen LogP contribution is -2.48. The van der Waals surface area contributed by atoms with E-state index in [4.69, 9.17) is 10.8 Å². The molecule has 1 aromatic carbocycles. The van der Waals surface area contributed by atoms with Crippen LogP contribution in [0.25, 0.3) is 22.3 Å². The number of carbonyl (C=O) groups excluding carboxylic acids is 1. The van der Waals surface area contributed by atoms with E-state index in [1.54, 1.807) is 0 Å². The van der Waals surface area contributed by atoms with E-state index in [0.29, 0.717) is 5.82 Å². The predicted molar refractivity (Wildman–Crippen MR) is 132 cm³/mol. The fourth-order valence-electron chi connectivity index (χ4n) is 4.82. The zero-order valence-corrected chi connectivity index (χ0v) is 20.1. The molecule has 2 heterocycles. The van der Waals surface area contributed by atoms with Gasteiger partial charge in [-0.3, -0.25) is 9.69 Å². The number of aromatic nitrogens is 4. The summed E-state index contributed by atoms with van der Waals surface area (Å²) in [4.78, 5) is 23.6. The fourth-order valence-corrected chi connectivity index (χ4v) is 4.82. The highest BCUT2D eigenvalue weighted by Crippen LogP contribution is 2.36. The maximum atomic E-state index is 12.8. The van der Waals surface area contributed by atoms with Crippen molar-refractivity contribution in [2.24, 2.45) is 0 Å². The molecule has 1 aliphatic rings. The van der Waals surface area contributed by atoms with Crippen LogP contribution in [0, 0.1) is 6.92 Å². The van der Waals surface area contributed by atoms with Gasteiger partial charge in [0.05, 0.1) is 17.5 Å². The molecular formula is C25H35N7O. The van der Waals surface area contributed by atoms with Crippen LogP contribution in [0.3, 0.4) is 0 Å². The summed E-state index contributed by atoms with van der Waals surface area (Å²) in [5.41, 5.74) is 10.1. The molecular weight excluding hydrogens is 414 g/mol. The van der Waals surface area contributed by atoms with Crippen molar-refractivity contribution >= 4 is 22.8 Å². The number of rotatable bonds is 7. The third-order valence-corrected chi connectivity index (χ3v) is 6.72. The van der Waals surface area contributed by atoms with E-state index in [2.05, 4.69) is 53.4 Å². The number of benzene rings is 1. The van der Waals surface area contributed by atoms with Gasteiger partial charge in [-0.1, -0.05) is 43.2 Å². The molecule has 0 unspecified atom stereocenters. The number of fused-ring (bicyclic) bond motifs is 1. The minimum absolute atomic E-state index is 0.0699. The third-order valence-electron chi connectivity index (χ3n) is 6.72. The number of amides is 1. The lowest BCUT2D eigenvalue weighted by Gasteiger charge is -2.31. The number of nitrogen functional groups attached to an aromatic ring is 1. The molecule has 1 atom stereocenters. The molecule has 1 fully saturated rings. The first kappa shape index (κ1) is 23.2. The summed E-state index contributed by atoms with van der Waals surface area (Å²) in [5, 5.41) is 9.07. The number of hydrogen-bond acceptors (Lipinski definition) is 6. The Labute approximate surface area is 195 Å². The molecule has 0 radical (unpaired) electrons. The third kappa shape index (κ3) is 4.85. The van der Waals surface area contributed by atoms with Gasteiger partial charge in [-0.25, -0.2) is 14.6 Å². The minimum atomic E-state index is -0.0699. The van der Waals surface area contributed by atoms with E-state index in [1.807, 2.05) is 23.7 Å². The van der Waals surface area contributed by atoms with Crippen LogP contribution < -0.4 is 11.1 Å². The Morgan fingerprint density at radius 3 is 2.52 bits per heavy atom. The predicted octanol–water partition coefficient (Wildman–Crippen LogP) is 3.71. The van der Waals surface area contributed by atoms with Gasteiger partial charge in [-0.2, -0.15) is 5.10 Å². The molecule has 0 bridgehead atoms. The van der Waals surface area contributed by atoms with Gasteiger partial charge in [0, 0.05) is 11.6 Å². The first-order valence-electron chi connectivity index (χ1n) is 11.9. The maximum absolute atomic E-state index is 12.8. The molecule has 8 nitrogen and oxygen atoms in total. The van der Waals surface area contributed by atoms with Crippen molar-refractivity contribution in [1.82, 2.24) is 30.0 Å². The monoisotopic (exact) mass is 449 g/mol. The van der Waals surface area contributed by atoms with Crippen LogP contribution in [0.2, 0.25) is 0 Å². The molecule has 8 heteroatoms. The Balaban J connectivity index is 1.52. The van der Waals surface area contributed by atoms with Crippen LogP contribution in [0.15, 0.2) is 30.6 Å². The van der Waals surface area contributed by atoms with Crippen LogP contribution >= 0.6 is 0 Å². The summed E-state index contributed by atoms with van der Waals surface area (Å²) in [6.07, 6.45) is 7.07. The summed E-state index contributed by atoms with van der Waals surface area (Å²) in [7, 11) is 3.94. The molecule has 3 aromatic rings. The van der Waals surface area contributed by atoms with Crippen molar-refractivity contribution in [2.45, 2.75) is 70.5 Å². The van der Waals surface area contributed by atoms with Gasteiger partial charge in [-0.05, 0) is 53.1 Å². The Hall–Kier alpha value is -3.00. The first-order valence-corrected chi connectivity index (χ1v) is 11.9. The Bertz CT molecular complexity index is 1100. The first-order chi connectivity index (χ1) is 15.9. The van der Waals surface area contributed by atoms with E-state index in [0.717, 1.165) is 60.8 Å². The molecule has 1 saturated carbocycles. The van der Waals surface area contributed by atoms with Gasteiger partial charge in [0.1, 0.15) is 17.8 Å². The Kier molecular flexibility index (Phi) is 6.93. The fraction of sp³-hybridized carbons (Fsp3) is 0.520. The number of likely N-dealkylation sites (N-methyl/N-ethyl adjacent to an activating group) is 1. The quantitative estimate of drug-likeness (QED) is 0.570. The van der Waals surface area contributed by atoms with Crippen LogP contribution in [-0.2, 0) is 4.79 Å². The molecule has 33 heavy (non-hydrogen) atoms. The molecule has 3 N–H and O–H groups in total. The SMILES string of the molecule is CCC[C@@H](C(=O)NC1CCC(n2nc(-c3ccc(C)cc3)c3c(N)ncnc32)CC1)N(C)C. The summed E-state index contributed by atoms with van der Waals surface area (Å²) in [6, 6.07) is 8.64. The lowest BCUT2D eigenvalue weighted by molar-refractivity contribution is -0.126. The van der Waals surface area contributed by atoms with Crippen molar-refractivity contribution in [3.8, 4) is 11.3 Å². The van der Waals surface area contributed by atoms with Crippen LogP contribution in [0.5, 0.6) is 0 Å². The molecule has 2 aromatic heterocycles. The molecule has 4 rings (SSSR count). The van der Waals surface area contributed by atoms with E-state index in [-0.39, 0.29) is 24.0 Å². The van der Waals surface area contributed by atoms with E-state index in [9.17, 15) is 4.79 Å². The number of anilines is 1. The molecule has 176 valence electrons. The molecule has 0 aliphatic heterocycles. The second-order valence-electron chi connectivity index (χ2n) is 9.40. The maximum Gasteiger partial charge on any atom is 0.237 e. The minimum Gasteiger partial charge on any atom is -0.383 e. The zero-order valence-electron chi connectivity index (χ0n) is 20.1. The second kappa shape index (κ2) is 9.87. The highest BCUT2D eigenvalue weighted by molar-refractivity contribution is 5.98. The van der Waals surface area contributed by atoms with Crippen molar-refractivity contribution in [2.75, 3.05) is 19.8 Å².